The first kappa shape index (κ1) is 35.3. The highest BCUT2D eigenvalue weighted by Gasteiger charge is 2.35. The second-order valence-electron chi connectivity index (χ2n) is 12.0. The number of hydrogen-bond donors (Lipinski definition) is 1. The second-order valence-corrected chi connectivity index (χ2v) is 15.2. The van der Waals surface area contributed by atoms with E-state index < -0.39 is 34.1 Å². The molecule has 0 aliphatic carbocycles. The average Bonchev–Trinajstić information content (AvgIpc) is 2.97. The van der Waals surface area contributed by atoms with E-state index in [0.717, 1.165) is 15.4 Å². The van der Waals surface area contributed by atoms with Crippen LogP contribution < -0.4 is 9.62 Å². The lowest BCUT2D eigenvalue weighted by Gasteiger charge is -2.35. The van der Waals surface area contributed by atoms with E-state index in [0.29, 0.717) is 10.6 Å². The van der Waals surface area contributed by atoms with E-state index in [1.54, 1.807) is 36.4 Å². The molecule has 0 radical (unpaired) electrons. The predicted molar refractivity (Wildman–Crippen MR) is 186 cm³/mol. The first-order chi connectivity index (χ1) is 21.6. The Labute approximate surface area is 286 Å². The molecule has 2 amide bonds. The van der Waals surface area contributed by atoms with E-state index >= 15 is 0 Å². The molecule has 1 atom stereocenters. The molecule has 0 fully saturated rings. The molecule has 0 aromatic heterocycles. The van der Waals surface area contributed by atoms with Gasteiger partial charge in [-0.2, -0.15) is 0 Å². The summed E-state index contributed by atoms with van der Waals surface area (Å²) in [6.07, 6.45) is 0.190. The van der Waals surface area contributed by atoms with Gasteiger partial charge in [0.05, 0.1) is 10.6 Å². The van der Waals surface area contributed by atoms with Crippen molar-refractivity contribution in [3.05, 3.63) is 129 Å². The van der Waals surface area contributed by atoms with E-state index in [1.807, 2.05) is 58.0 Å². The fourth-order valence-corrected chi connectivity index (χ4v) is 6.88. The molecule has 1 N–H and O–H groups in total. The number of hydrogen-bond acceptors (Lipinski definition) is 4. The number of amides is 2. The van der Waals surface area contributed by atoms with Gasteiger partial charge in [0.15, 0.2) is 0 Å². The van der Waals surface area contributed by atoms with E-state index in [1.165, 1.54) is 35.2 Å². The summed E-state index contributed by atoms with van der Waals surface area (Å²) >= 11 is 18.8. The van der Waals surface area contributed by atoms with Crippen LogP contribution in [0.4, 0.5) is 5.69 Å². The molecule has 0 spiro atoms. The lowest BCUT2D eigenvalue weighted by Crippen LogP contribution is -2.56. The van der Waals surface area contributed by atoms with Gasteiger partial charge in [0, 0.05) is 33.6 Å². The number of halogens is 3. The summed E-state index contributed by atoms with van der Waals surface area (Å²) in [6, 6.07) is 25.9. The standard InChI is InChI=1S/C35H36Cl3N3O4S/c1-24-10-16-31(17-11-24)46(44,45)41(30-20-28(37)19-29(38)21-30)23-33(42)40(22-26-12-14-27(36)15-13-26)32(34(43)39-35(2,3)4)18-25-8-6-5-7-9-25/h5-17,19-21,32H,18,22-23H2,1-4H3,(H,39,43)/t32-/m1/s1. The molecule has 0 aliphatic rings. The van der Waals surface area contributed by atoms with Gasteiger partial charge in [-0.15, -0.1) is 0 Å². The maximum Gasteiger partial charge on any atom is 0.264 e. The first-order valence-corrected chi connectivity index (χ1v) is 17.2. The Morgan fingerprint density at radius 1 is 0.783 bits per heavy atom. The van der Waals surface area contributed by atoms with Crippen LogP contribution in [0.2, 0.25) is 15.1 Å². The number of nitrogens with one attached hydrogen (secondary N) is 1. The number of carbonyl (C=O) groups excluding carboxylic acids is 2. The summed E-state index contributed by atoms with van der Waals surface area (Å²) in [5.74, 6) is -0.982. The van der Waals surface area contributed by atoms with E-state index in [-0.39, 0.29) is 39.5 Å². The largest absolute Gasteiger partial charge is 0.350 e. The first-order valence-electron chi connectivity index (χ1n) is 14.6. The van der Waals surface area contributed by atoms with Crippen molar-refractivity contribution in [2.24, 2.45) is 0 Å². The van der Waals surface area contributed by atoms with Crippen LogP contribution in [-0.4, -0.2) is 43.3 Å². The molecule has 4 aromatic rings. The van der Waals surface area contributed by atoms with Gasteiger partial charge in [0.25, 0.3) is 10.0 Å². The van der Waals surface area contributed by atoms with Crippen molar-refractivity contribution >= 4 is 62.3 Å². The van der Waals surface area contributed by atoms with Crippen LogP contribution in [0.15, 0.2) is 102 Å². The molecule has 242 valence electrons. The van der Waals surface area contributed by atoms with Gasteiger partial charge in [-0.3, -0.25) is 13.9 Å². The van der Waals surface area contributed by atoms with Crippen LogP contribution in [-0.2, 0) is 32.6 Å². The molecule has 0 saturated heterocycles. The van der Waals surface area contributed by atoms with E-state index in [2.05, 4.69) is 5.32 Å². The molecule has 0 heterocycles. The van der Waals surface area contributed by atoms with E-state index in [9.17, 15) is 18.0 Å². The number of aryl methyl sites for hydroxylation is 1. The fourth-order valence-electron chi connectivity index (χ4n) is 4.84. The Balaban J connectivity index is 1.84. The Hall–Kier alpha value is -3.56. The van der Waals surface area contributed by atoms with Crippen molar-refractivity contribution in [2.45, 2.75) is 57.1 Å². The normalized spacial score (nSPS) is 12.3. The van der Waals surface area contributed by atoms with Gasteiger partial charge in [-0.1, -0.05) is 95.0 Å². The third-order valence-electron chi connectivity index (χ3n) is 7.06. The second kappa shape index (κ2) is 14.9. The summed E-state index contributed by atoms with van der Waals surface area (Å²) in [5.41, 5.74) is 1.92. The molecule has 7 nitrogen and oxygen atoms in total. The highest BCUT2D eigenvalue weighted by atomic mass is 35.5. The van der Waals surface area contributed by atoms with Crippen molar-refractivity contribution in [1.29, 1.82) is 0 Å². The SMILES string of the molecule is Cc1ccc(S(=O)(=O)N(CC(=O)N(Cc2ccc(Cl)cc2)[C@H](Cc2ccccc2)C(=O)NC(C)(C)C)c2cc(Cl)cc(Cl)c2)cc1. The molecule has 4 aromatic carbocycles. The topological polar surface area (TPSA) is 86.8 Å². The van der Waals surface area contributed by atoms with Crippen molar-refractivity contribution in [2.75, 3.05) is 10.8 Å². The molecule has 11 heteroatoms. The van der Waals surface area contributed by atoms with Crippen molar-refractivity contribution in [3.63, 3.8) is 0 Å². The molecular weight excluding hydrogens is 665 g/mol. The van der Waals surface area contributed by atoms with Crippen molar-refractivity contribution < 1.29 is 18.0 Å². The number of carbonyl (C=O) groups is 2. The summed E-state index contributed by atoms with van der Waals surface area (Å²) in [7, 11) is -4.29. The molecule has 0 unspecified atom stereocenters. The minimum absolute atomic E-state index is 0.0137. The zero-order valence-corrected chi connectivity index (χ0v) is 29.1. The molecule has 4 rings (SSSR count). The van der Waals surface area contributed by atoms with Crippen LogP contribution >= 0.6 is 34.8 Å². The molecule has 0 aliphatic heterocycles. The van der Waals surface area contributed by atoms with Crippen LogP contribution in [0, 0.1) is 6.92 Å². The van der Waals surface area contributed by atoms with Gasteiger partial charge in [0.1, 0.15) is 12.6 Å². The highest BCUT2D eigenvalue weighted by molar-refractivity contribution is 7.92. The van der Waals surface area contributed by atoms with Gasteiger partial charge >= 0.3 is 0 Å². The van der Waals surface area contributed by atoms with Crippen molar-refractivity contribution in [1.82, 2.24) is 10.2 Å². The maximum atomic E-state index is 14.5. The Kier molecular flexibility index (Phi) is 11.4. The fraction of sp³-hybridized carbons (Fsp3) is 0.257. The average molecular weight is 701 g/mol. The van der Waals surface area contributed by atoms with Gasteiger partial charge in [-0.05, 0) is 81.3 Å². The third-order valence-corrected chi connectivity index (χ3v) is 9.54. The predicted octanol–water partition coefficient (Wildman–Crippen LogP) is 7.71. The molecule has 46 heavy (non-hydrogen) atoms. The van der Waals surface area contributed by atoms with Crippen LogP contribution in [0.1, 0.15) is 37.5 Å². The zero-order valence-electron chi connectivity index (χ0n) is 26.0. The Morgan fingerprint density at radius 3 is 1.93 bits per heavy atom. The molecule has 0 saturated carbocycles. The van der Waals surface area contributed by atoms with Gasteiger partial charge in [0.2, 0.25) is 11.8 Å². The quantitative estimate of drug-likeness (QED) is 0.174. The number of anilines is 1. The minimum atomic E-state index is -4.29. The number of sulfonamides is 1. The van der Waals surface area contributed by atoms with Crippen LogP contribution in [0.3, 0.4) is 0 Å². The Morgan fingerprint density at radius 2 is 1.37 bits per heavy atom. The van der Waals surface area contributed by atoms with Gasteiger partial charge < -0.3 is 10.2 Å². The van der Waals surface area contributed by atoms with E-state index in [4.69, 9.17) is 34.8 Å². The monoisotopic (exact) mass is 699 g/mol. The molecule has 0 bridgehead atoms. The third kappa shape index (κ3) is 9.48. The summed E-state index contributed by atoms with van der Waals surface area (Å²) in [4.78, 5) is 29.9. The maximum absolute atomic E-state index is 14.5. The minimum Gasteiger partial charge on any atom is -0.350 e. The zero-order chi connectivity index (χ0) is 33.6. The van der Waals surface area contributed by atoms with Gasteiger partial charge in [-0.25, -0.2) is 8.42 Å². The number of rotatable bonds is 11. The van der Waals surface area contributed by atoms with Crippen LogP contribution in [0.25, 0.3) is 0 Å². The number of nitrogens with zero attached hydrogens (tertiary/aromatic N) is 2. The highest BCUT2D eigenvalue weighted by Crippen LogP contribution is 2.30. The smallest absolute Gasteiger partial charge is 0.264 e. The lowest BCUT2D eigenvalue weighted by molar-refractivity contribution is -0.140. The lowest BCUT2D eigenvalue weighted by atomic mass is 10.0. The summed E-state index contributed by atoms with van der Waals surface area (Å²) < 4.78 is 29.3. The number of benzene rings is 4. The molecular formula is C35H36Cl3N3O4S. The Bertz CT molecular complexity index is 1760. The van der Waals surface area contributed by atoms with Crippen LogP contribution in [0.5, 0.6) is 0 Å². The summed E-state index contributed by atoms with van der Waals surface area (Å²) in [6.45, 7) is 6.80. The van der Waals surface area contributed by atoms with Crippen molar-refractivity contribution in [3.8, 4) is 0 Å². The summed E-state index contributed by atoms with van der Waals surface area (Å²) in [5, 5.41) is 3.92.